The van der Waals surface area contributed by atoms with Gasteiger partial charge in [0.05, 0.1) is 7.11 Å². The zero-order chi connectivity index (χ0) is 13.1. The normalized spacial score (nSPS) is 10.9. The zero-order valence-corrected chi connectivity index (χ0v) is 13.1. The molecule has 1 aromatic carbocycles. The summed E-state index contributed by atoms with van der Waals surface area (Å²) in [7, 11) is 1.71. The Labute approximate surface area is 118 Å². The van der Waals surface area contributed by atoms with E-state index in [1.54, 1.807) is 7.11 Å². The van der Waals surface area contributed by atoms with Gasteiger partial charge < -0.3 is 4.74 Å². The number of methoxy groups -OCH3 is 1. The molecular weight excluding hydrogens is 323 g/mol. The molecule has 0 radical (unpaired) electrons. The van der Waals surface area contributed by atoms with E-state index in [0.29, 0.717) is 0 Å². The van der Waals surface area contributed by atoms with E-state index < -0.39 is 0 Å². The molecular formula is C15H19IO. The summed E-state index contributed by atoms with van der Waals surface area (Å²) < 4.78 is 5.59. The maximum Gasteiger partial charge on any atom is 0.129 e. The highest BCUT2D eigenvalue weighted by Gasteiger charge is 2.19. The van der Waals surface area contributed by atoms with Crippen LogP contribution >= 0.6 is 22.6 Å². The molecule has 0 atom stereocenters. The van der Waals surface area contributed by atoms with Gasteiger partial charge in [0, 0.05) is 8.99 Å². The molecule has 0 aromatic heterocycles. The smallest absolute Gasteiger partial charge is 0.129 e. The number of benzene rings is 1. The van der Waals surface area contributed by atoms with Crippen molar-refractivity contribution in [3.05, 3.63) is 41.1 Å². The fraction of sp³-hybridized carbons (Fsp3) is 0.400. The van der Waals surface area contributed by atoms with Gasteiger partial charge in [-0.15, -0.1) is 5.73 Å². The Kier molecular flexibility index (Phi) is 4.84. The van der Waals surface area contributed by atoms with Crippen LogP contribution in [0, 0.1) is 0 Å². The highest BCUT2D eigenvalue weighted by Crippen LogP contribution is 2.36. The van der Waals surface area contributed by atoms with Crippen molar-refractivity contribution >= 4 is 28.7 Å². The van der Waals surface area contributed by atoms with Gasteiger partial charge in [-0.3, -0.25) is 0 Å². The predicted molar refractivity (Wildman–Crippen MR) is 83.0 cm³/mol. The molecule has 0 saturated carbocycles. The van der Waals surface area contributed by atoms with Crippen molar-refractivity contribution < 1.29 is 4.74 Å². The molecule has 0 saturated heterocycles. The summed E-state index contributed by atoms with van der Waals surface area (Å²) in [6.07, 6.45) is 2.84. The molecule has 0 aliphatic heterocycles. The van der Waals surface area contributed by atoms with Crippen LogP contribution in [-0.4, -0.2) is 7.11 Å². The molecule has 92 valence electrons. The van der Waals surface area contributed by atoms with Crippen molar-refractivity contribution in [3.63, 3.8) is 0 Å². The quantitative estimate of drug-likeness (QED) is 0.437. The molecule has 0 unspecified atom stereocenters. The number of halogens is 1. The fourth-order valence-corrected chi connectivity index (χ4v) is 2.10. The standard InChI is InChI=1S/C15H19IO/c1-6-8-12-10-13(15(3,4)16)9-11(7-2)14(12)17-5/h8-10H,1,7H2,2-5H3. The van der Waals surface area contributed by atoms with E-state index in [0.717, 1.165) is 17.7 Å². The third-order valence-corrected chi connectivity index (χ3v) is 3.35. The van der Waals surface area contributed by atoms with Crippen LogP contribution in [-0.2, 0) is 9.84 Å². The Morgan fingerprint density at radius 2 is 2.12 bits per heavy atom. The number of aryl methyl sites for hydroxylation is 1. The van der Waals surface area contributed by atoms with E-state index in [1.807, 2.05) is 6.08 Å². The summed E-state index contributed by atoms with van der Waals surface area (Å²) in [6, 6.07) is 4.38. The first-order chi connectivity index (χ1) is 7.93. The van der Waals surface area contributed by atoms with E-state index in [1.165, 1.54) is 11.1 Å². The van der Waals surface area contributed by atoms with Gasteiger partial charge in [0.1, 0.15) is 5.75 Å². The first-order valence-electron chi connectivity index (χ1n) is 5.70. The van der Waals surface area contributed by atoms with Crippen molar-refractivity contribution in [2.45, 2.75) is 30.6 Å². The minimum absolute atomic E-state index is 0.109. The Hall–Kier alpha value is -0.730. The molecule has 0 aliphatic carbocycles. The van der Waals surface area contributed by atoms with Crippen LogP contribution in [0.15, 0.2) is 24.4 Å². The summed E-state index contributed by atoms with van der Waals surface area (Å²) in [4.78, 5) is 0. The lowest BCUT2D eigenvalue weighted by Gasteiger charge is -2.21. The van der Waals surface area contributed by atoms with Gasteiger partial charge in [-0.1, -0.05) is 42.2 Å². The maximum absolute atomic E-state index is 5.49. The molecule has 1 aromatic rings. The lowest BCUT2D eigenvalue weighted by molar-refractivity contribution is 0.409. The second kappa shape index (κ2) is 5.74. The van der Waals surface area contributed by atoms with Gasteiger partial charge in [-0.25, -0.2) is 0 Å². The molecule has 0 spiro atoms. The molecule has 0 bridgehead atoms. The molecule has 17 heavy (non-hydrogen) atoms. The summed E-state index contributed by atoms with van der Waals surface area (Å²) in [5.41, 5.74) is 6.42. The molecule has 1 rings (SSSR count). The van der Waals surface area contributed by atoms with Crippen molar-refractivity contribution in [2.75, 3.05) is 7.11 Å². The molecule has 2 heteroatoms. The number of hydrogen-bond donors (Lipinski definition) is 0. The van der Waals surface area contributed by atoms with Crippen LogP contribution in [0.25, 0.3) is 6.08 Å². The largest absolute Gasteiger partial charge is 0.496 e. The highest BCUT2D eigenvalue weighted by molar-refractivity contribution is 14.1. The molecule has 0 aliphatic rings. The van der Waals surface area contributed by atoms with Gasteiger partial charge in [0.25, 0.3) is 0 Å². The van der Waals surface area contributed by atoms with Crippen molar-refractivity contribution in [1.29, 1.82) is 0 Å². The van der Waals surface area contributed by atoms with E-state index in [9.17, 15) is 0 Å². The summed E-state index contributed by atoms with van der Waals surface area (Å²) in [6.45, 7) is 10.2. The van der Waals surface area contributed by atoms with E-state index >= 15 is 0 Å². The van der Waals surface area contributed by atoms with Gasteiger partial charge in [-0.2, -0.15) is 0 Å². The van der Waals surface area contributed by atoms with Gasteiger partial charge >= 0.3 is 0 Å². The summed E-state index contributed by atoms with van der Waals surface area (Å²) >= 11 is 2.45. The van der Waals surface area contributed by atoms with Crippen LogP contribution in [0.1, 0.15) is 37.5 Å². The van der Waals surface area contributed by atoms with E-state index in [4.69, 9.17) is 4.74 Å². The maximum atomic E-state index is 5.49. The lowest BCUT2D eigenvalue weighted by Crippen LogP contribution is -2.08. The third kappa shape index (κ3) is 3.36. The Morgan fingerprint density at radius 1 is 1.47 bits per heavy atom. The SMILES string of the molecule is C=C=Cc1cc(C(C)(C)I)cc(CC)c1OC. The molecule has 0 fully saturated rings. The van der Waals surface area contributed by atoms with Gasteiger partial charge in [0.15, 0.2) is 0 Å². The number of ether oxygens (including phenoxy) is 1. The minimum Gasteiger partial charge on any atom is -0.496 e. The topological polar surface area (TPSA) is 9.23 Å². The number of rotatable bonds is 4. The van der Waals surface area contributed by atoms with Crippen molar-refractivity contribution in [1.82, 2.24) is 0 Å². The Morgan fingerprint density at radius 3 is 2.53 bits per heavy atom. The highest BCUT2D eigenvalue weighted by atomic mass is 127. The van der Waals surface area contributed by atoms with Crippen LogP contribution in [0.4, 0.5) is 0 Å². The molecule has 0 amide bonds. The number of alkyl halides is 1. The van der Waals surface area contributed by atoms with Crippen LogP contribution in [0.5, 0.6) is 5.75 Å². The van der Waals surface area contributed by atoms with Crippen LogP contribution < -0.4 is 4.74 Å². The van der Waals surface area contributed by atoms with Gasteiger partial charge in [0.2, 0.25) is 0 Å². The molecule has 0 N–H and O–H groups in total. The minimum atomic E-state index is 0.109. The molecule has 0 heterocycles. The van der Waals surface area contributed by atoms with E-state index in [2.05, 4.69) is 67.8 Å². The average molecular weight is 342 g/mol. The van der Waals surface area contributed by atoms with Crippen molar-refractivity contribution in [3.8, 4) is 5.75 Å². The third-order valence-electron chi connectivity index (χ3n) is 2.72. The van der Waals surface area contributed by atoms with Gasteiger partial charge in [-0.05, 0) is 43.5 Å². The van der Waals surface area contributed by atoms with E-state index in [-0.39, 0.29) is 3.42 Å². The summed E-state index contributed by atoms with van der Waals surface area (Å²) in [5, 5.41) is 0. The Bertz CT molecular complexity index is 449. The second-order valence-corrected chi connectivity index (χ2v) is 7.13. The van der Waals surface area contributed by atoms with Crippen molar-refractivity contribution in [2.24, 2.45) is 0 Å². The van der Waals surface area contributed by atoms with Crippen LogP contribution in [0.2, 0.25) is 0 Å². The average Bonchev–Trinajstić information content (AvgIpc) is 2.27. The zero-order valence-electron chi connectivity index (χ0n) is 10.9. The first-order valence-corrected chi connectivity index (χ1v) is 6.78. The Balaban J connectivity index is 3.50. The summed E-state index contributed by atoms with van der Waals surface area (Å²) in [5.74, 6) is 0.938. The number of hydrogen-bond acceptors (Lipinski definition) is 1. The lowest BCUT2D eigenvalue weighted by atomic mass is 9.95. The van der Waals surface area contributed by atoms with Crippen LogP contribution in [0.3, 0.4) is 0 Å². The predicted octanol–water partition coefficient (Wildman–Crippen LogP) is 4.73. The first kappa shape index (κ1) is 14.3. The second-order valence-electron chi connectivity index (χ2n) is 4.43. The molecule has 1 nitrogen and oxygen atoms in total. The fourth-order valence-electron chi connectivity index (χ4n) is 1.79. The monoisotopic (exact) mass is 342 g/mol.